The van der Waals surface area contributed by atoms with E-state index in [4.69, 9.17) is 18.7 Å². The van der Waals surface area contributed by atoms with Gasteiger partial charge in [-0.1, -0.05) is 13.8 Å². The molecule has 0 aliphatic rings. The number of ether oxygens (including phenoxy) is 3. The highest BCUT2D eigenvalue weighted by molar-refractivity contribution is 9.11. The van der Waals surface area contributed by atoms with Gasteiger partial charge in [0.1, 0.15) is 11.5 Å². The summed E-state index contributed by atoms with van der Waals surface area (Å²) in [5, 5.41) is 10.0. The van der Waals surface area contributed by atoms with Crippen LogP contribution in [0.3, 0.4) is 0 Å². The fourth-order valence-corrected chi connectivity index (χ4v) is 4.88. The Morgan fingerprint density at radius 3 is 2.34 bits per heavy atom. The second kappa shape index (κ2) is 12.8. The largest absolute Gasteiger partial charge is 0.510 e. The van der Waals surface area contributed by atoms with Crippen LogP contribution in [0.4, 0.5) is 4.79 Å². The number of aromatic hydroxyl groups is 1. The Morgan fingerprint density at radius 1 is 1.09 bits per heavy atom. The first-order valence-corrected chi connectivity index (χ1v) is 13.0. The van der Waals surface area contributed by atoms with E-state index in [1.165, 1.54) is 0 Å². The van der Waals surface area contributed by atoms with Gasteiger partial charge in [-0.25, -0.2) is 4.79 Å². The lowest BCUT2D eigenvalue weighted by molar-refractivity contribution is -0.00738. The minimum Gasteiger partial charge on any atom is -0.508 e. The van der Waals surface area contributed by atoms with Crippen molar-refractivity contribution in [3.63, 3.8) is 0 Å². The number of carbonyl (C=O) groups excluding carboxylic acids is 1. The topological polar surface area (TPSA) is 94.5 Å². The van der Waals surface area contributed by atoms with Gasteiger partial charge in [-0.2, -0.15) is 0 Å². The van der Waals surface area contributed by atoms with Crippen LogP contribution in [-0.2, 0) is 20.4 Å². The van der Waals surface area contributed by atoms with Crippen LogP contribution >= 0.6 is 40.2 Å². The fourth-order valence-electron chi connectivity index (χ4n) is 2.68. The van der Waals surface area contributed by atoms with Crippen molar-refractivity contribution in [2.45, 2.75) is 46.1 Å². The van der Waals surface area contributed by atoms with E-state index >= 15 is 0 Å². The molecular weight excluding hydrogens is 567 g/mol. The van der Waals surface area contributed by atoms with E-state index in [1.807, 2.05) is 32.0 Å². The lowest BCUT2D eigenvalue weighted by Gasteiger charge is -2.15. The molecule has 1 atom stereocenters. The van der Waals surface area contributed by atoms with Crippen LogP contribution in [0.15, 0.2) is 39.3 Å². The molecule has 0 aliphatic heterocycles. The zero-order chi connectivity index (χ0) is 23.8. The van der Waals surface area contributed by atoms with Crippen molar-refractivity contribution in [3.05, 3.63) is 50.4 Å². The third-order valence-corrected chi connectivity index (χ3v) is 6.39. The van der Waals surface area contributed by atoms with Crippen molar-refractivity contribution >= 4 is 46.4 Å². The van der Waals surface area contributed by atoms with Gasteiger partial charge >= 0.3 is 6.16 Å². The summed E-state index contributed by atoms with van der Waals surface area (Å²) in [6.45, 7) is 7.06. The number of hydrogen-bond donors (Lipinski definition) is 2. The SMILES string of the molecule is CC(C)OC(=O)OCOP(O)CCc1cc(Br)c(Oc2ccc(O)c(C(C)C)c2)c(Br)c1. The Kier molecular flexibility index (Phi) is 10.7. The van der Waals surface area contributed by atoms with E-state index in [-0.39, 0.29) is 24.6 Å². The Hall–Kier alpha value is -1.38. The Bertz CT molecular complexity index is 898. The lowest BCUT2D eigenvalue weighted by Crippen LogP contribution is -2.14. The van der Waals surface area contributed by atoms with Crippen LogP contribution < -0.4 is 4.74 Å². The van der Waals surface area contributed by atoms with Crippen LogP contribution in [0.1, 0.15) is 44.7 Å². The third kappa shape index (κ3) is 8.52. The van der Waals surface area contributed by atoms with Gasteiger partial charge in [0.2, 0.25) is 6.79 Å². The van der Waals surface area contributed by atoms with Crippen LogP contribution in [0.25, 0.3) is 0 Å². The average molecular weight is 594 g/mol. The fraction of sp³-hybridized carbons (Fsp3) is 0.409. The summed E-state index contributed by atoms with van der Waals surface area (Å²) in [5.74, 6) is 1.62. The van der Waals surface area contributed by atoms with Gasteiger partial charge in [0.15, 0.2) is 14.1 Å². The van der Waals surface area contributed by atoms with Crippen molar-refractivity contribution in [1.82, 2.24) is 0 Å². The first kappa shape index (κ1) is 26.9. The molecule has 2 N–H and O–H groups in total. The zero-order valence-corrected chi connectivity index (χ0v) is 22.4. The zero-order valence-electron chi connectivity index (χ0n) is 18.3. The maximum absolute atomic E-state index is 11.3. The molecule has 176 valence electrons. The average Bonchev–Trinajstić information content (AvgIpc) is 2.69. The molecule has 2 rings (SSSR count). The maximum Gasteiger partial charge on any atom is 0.510 e. The van der Waals surface area contributed by atoms with Gasteiger partial charge in [-0.05, 0) is 93.9 Å². The lowest BCUT2D eigenvalue weighted by atomic mass is 10.0. The molecule has 32 heavy (non-hydrogen) atoms. The number of halogens is 2. The van der Waals surface area contributed by atoms with Crippen LogP contribution in [0, 0.1) is 0 Å². The molecule has 7 nitrogen and oxygen atoms in total. The molecule has 0 fully saturated rings. The summed E-state index contributed by atoms with van der Waals surface area (Å²) < 4.78 is 22.2. The summed E-state index contributed by atoms with van der Waals surface area (Å²) in [7, 11) is -1.75. The van der Waals surface area contributed by atoms with E-state index < -0.39 is 14.5 Å². The molecule has 0 aliphatic carbocycles. The number of rotatable bonds is 10. The molecule has 0 heterocycles. The van der Waals surface area contributed by atoms with Crippen molar-refractivity contribution < 1.29 is 33.5 Å². The molecule has 0 saturated carbocycles. The molecular formula is C22H27Br2O7P. The molecule has 1 unspecified atom stereocenters. The number of hydrogen-bond acceptors (Lipinski definition) is 7. The Morgan fingerprint density at radius 2 is 1.75 bits per heavy atom. The van der Waals surface area contributed by atoms with Gasteiger partial charge in [-0.15, -0.1) is 0 Å². The minimum absolute atomic E-state index is 0.162. The molecule has 0 aromatic heterocycles. The highest BCUT2D eigenvalue weighted by Crippen LogP contribution is 2.40. The molecule has 0 radical (unpaired) electrons. The number of aryl methyl sites for hydroxylation is 1. The number of carbonyl (C=O) groups is 1. The van der Waals surface area contributed by atoms with Crippen molar-refractivity contribution in [1.29, 1.82) is 0 Å². The van der Waals surface area contributed by atoms with Gasteiger partial charge in [-0.3, -0.25) is 4.52 Å². The van der Waals surface area contributed by atoms with E-state index in [2.05, 4.69) is 31.9 Å². The molecule has 0 saturated heterocycles. The molecule has 2 aromatic rings. The van der Waals surface area contributed by atoms with Crippen molar-refractivity contribution in [3.8, 4) is 17.2 Å². The standard InChI is InChI=1S/C22H27Br2O7P/c1-13(2)17-11-16(5-6-20(17)25)31-21-18(23)9-15(10-19(21)24)7-8-32(27)29-12-28-22(26)30-14(3)4/h5-6,9-11,13-14,25,27H,7-8,12H2,1-4H3. The van der Waals surface area contributed by atoms with Gasteiger partial charge in [0.25, 0.3) is 0 Å². The van der Waals surface area contributed by atoms with E-state index in [9.17, 15) is 14.8 Å². The molecule has 0 spiro atoms. The highest BCUT2D eigenvalue weighted by atomic mass is 79.9. The van der Waals surface area contributed by atoms with Crippen LogP contribution in [-0.4, -0.2) is 35.2 Å². The van der Waals surface area contributed by atoms with Gasteiger partial charge < -0.3 is 24.2 Å². The van der Waals surface area contributed by atoms with Crippen molar-refractivity contribution in [2.24, 2.45) is 0 Å². The summed E-state index contributed by atoms with van der Waals surface area (Å²) in [4.78, 5) is 21.3. The first-order chi connectivity index (χ1) is 15.1. The number of benzene rings is 2. The normalized spacial score (nSPS) is 12.2. The van der Waals surface area contributed by atoms with E-state index in [0.29, 0.717) is 24.1 Å². The summed E-state index contributed by atoms with van der Waals surface area (Å²) >= 11 is 7.08. The predicted molar refractivity (Wildman–Crippen MR) is 130 cm³/mol. The van der Waals surface area contributed by atoms with Crippen molar-refractivity contribution in [2.75, 3.05) is 13.0 Å². The number of phenols is 1. The quantitative estimate of drug-likeness (QED) is 0.171. The van der Waals surface area contributed by atoms with Crippen LogP contribution in [0.2, 0.25) is 0 Å². The third-order valence-electron chi connectivity index (χ3n) is 4.20. The second-order valence-corrected chi connectivity index (χ2v) is 10.6. The van der Waals surface area contributed by atoms with E-state index in [0.717, 1.165) is 20.1 Å². The monoisotopic (exact) mass is 592 g/mol. The van der Waals surface area contributed by atoms with Crippen LogP contribution in [0.5, 0.6) is 17.2 Å². The van der Waals surface area contributed by atoms with E-state index in [1.54, 1.807) is 26.0 Å². The van der Waals surface area contributed by atoms with Gasteiger partial charge in [0.05, 0.1) is 15.0 Å². The summed E-state index contributed by atoms with van der Waals surface area (Å²) in [6, 6.07) is 8.97. The number of phenolic OH excluding ortho intramolecular Hbond substituents is 1. The Labute approximate surface area is 206 Å². The Balaban J connectivity index is 1.93. The molecule has 0 amide bonds. The smallest absolute Gasteiger partial charge is 0.508 e. The minimum atomic E-state index is -1.75. The second-order valence-electron chi connectivity index (χ2n) is 7.50. The van der Waals surface area contributed by atoms with Gasteiger partial charge in [0, 0.05) is 11.7 Å². The first-order valence-electron chi connectivity index (χ1n) is 9.98. The highest BCUT2D eigenvalue weighted by Gasteiger charge is 2.15. The molecule has 0 bridgehead atoms. The molecule has 2 aromatic carbocycles. The summed E-state index contributed by atoms with van der Waals surface area (Å²) in [5.41, 5.74) is 1.76. The summed E-state index contributed by atoms with van der Waals surface area (Å²) in [6.07, 6.45) is -0.200. The molecule has 10 heteroatoms. The predicted octanol–water partition coefficient (Wildman–Crippen LogP) is 7.22. The maximum atomic E-state index is 11.3.